The molecule has 3 heteroatoms. The summed E-state index contributed by atoms with van der Waals surface area (Å²) in [6, 6.07) is 5.87. The number of aromatic amines is 1. The summed E-state index contributed by atoms with van der Waals surface area (Å²) in [6.45, 7) is 6.28. The second-order valence-electron chi connectivity index (χ2n) is 3.97. The van der Waals surface area contributed by atoms with Gasteiger partial charge in [0.1, 0.15) is 11.5 Å². The molecule has 0 spiro atoms. The van der Waals surface area contributed by atoms with Gasteiger partial charge in [0.05, 0.1) is 5.69 Å². The summed E-state index contributed by atoms with van der Waals surface area (Å²) in [5.41, 5.74) is 2.97. The highest BCUT2D eigenvalue weighted by Crippen LogP contribution is 2.21. The van der Waals surface area contributed by atoms with E-state index in [4.69, 9.17) is 0 Å². The number of H-pyrrole nitrogens is 1. The summed E-state index contributed by atoms with van der Waals surface area (Å²) in [5, 5.41) is 0. The first-order chi connectivity index (χ1) is 7.18. The van der Waals surface area contributed by atoms with Crippen LogP contribution in [0.15, 0.2) is 24.4 Å². The van der Waals surface area contributed by atoms with Crippen molar-refractivity contribution in [1.29, 1.82) is 0 Å². The second kappa shape index (κ2) is 3.85. The third-order valence-electron chi connectivity index (χ3n) is 2.36. The van der Waals surface area contributed by atoms with E-state index in [0.717, 1.165) is 22.9 Å². The molecule has 2 heterocycles. The molecule has 0 saturated heterocycles. The van der Waals surface area contributed by atoms with E-state index in [-0.39, 0.29) is 0 Å². The molecule has 0 bridgehead atoms. The van der Waals surface area contributed by atoms with Crippen molar-refractivity contribution in [3.8, 4) is 11.4 Å². The minimum Gasteiger partial charge on any atom is -0.345 e. The Kier molecular flexibility index (Phi) is 2.54. The van der Waals surface area contributed by atoms with E-state index >= 15 is 0 Å². The number of imidazole rings is 1. The van der Waals surface area contributed by atoms with E-state index in [0.29, 0.717) is 5.92 Å². The van der Waals surface area contributed by atoms with E-state index in [1.807, 2.05) is 25.1 Å². The van der Waals surface area contributed by atoms with Crippen molar-refractivity contribution in [1.82, 2.24) is 15.0 Å². The molecular formula is C12H15N3. The van der Waals surface area contributed by atoms with Gasteiger partial charge in [0.25, 0.3) is 0 Å². The molecule has 0 saturated carbocycles. The maximum Gasteiger partial charge on any atom is 0.110 e. The van der Waals surface area contributed by atoms with Gasteiger partial charge in [-0.3, -0.25) is 4.98 Å². The standard InChI is InChI=1S/C12H15N3/c1-8(2)12-14-9(3)11(15-12)10-6-4-5-7-13-10/h4-8H,1-3H3,(H,14,15). The molecule has 0 aliphatic rings. The fraction of sp³-hybridized carbons (Fsp3) is 0.333. The Morgan fingerprint density at radius 2 is 2.07 bits per heavy atom. The maximum atomic E-state index is 4.56. The number of nitrogens with zero attached hydrogens (tertiary/aromatic N) is 2. The molecule has 0 radical (unpaired) electrons. The van der Waals surface area contributed by atoms with E-state index in [9.17, 15) is 0 Å². The predicted molar refractivity (Wildman–Crippen MR) is 60.6 cm³/mol. The van der Waals surface area contributed by atoms with Crippen LogP contribution in [0.5, 0.6) is 0 Å². The first-order valence-corrected chi connectivity index (χ1v) is 5.16. The summed E-state index contributed by atoms with van der Waals surface area (Å²) in [4.78, 5) is 12.2. The van der Waals surface area contributed by atoms with Crippen molar-refractivity contribution in [2.24, 2.45) is 0 Å². The summed E-state index contributed by atoms with van der Waals surface area (Å²) < 4.78 is 0. The summed E-state index contributed by atoms with van der Waals surface area (Å²) in [7, 11) is 0. The number of hydrogen-bond donors (Lipinski definition) is 1. The summed E-state index contributed by atoms with van der Waals surface area (Å²) >= 11 is 0. The largest absolute Gasteiger partial charge is 0.345 e. The van der Waals surface area contributed by atoms with E-state index in [1.165, 1.54) is 0 Å². The molecule has 0 aromatic carbocycles. The Hall–Kier alpha value is -1.64. The monoisotopic (exact) mass is 201 g/mol. The minimum absolute atomic E-state index is 0.418. The molecule has 0 atom stereocenters. The lowest BCUT2D eigenvalue weighted by Crippen LogP contribution is -1.89. The van der Waals surface area contributed by atoms with Gasteiger partial charge in [0.2, 0.25) is 0 Å². The van der Waals surface area contributed by atoms with Crippen LogP contribution in [0.3, 0.4) is 0 Å². The number of aromatic nitrogens is 3. The van der Waals surface area contributed by atoms with Crippen LogP contribution in [0.2, 0.25) is 0 Å². The molecule has 0 aliphatic carbocycles. The van der Waals surface area contributed by atoms with Gasteiger partial charge in [-0.1, -0.05) is 19.9 Å². The quantitative estimate of drug-likeness (QED) is 0.811. The molecular weight excluding hydrogens is 186 g/mol. The normalized spacial score (nSPS) is 10.9. The van der Waals surface area contributed by atoms with Crippen LogP contribution < -0.4 is 0 Å². The first kappa shape index (κ1) is 9.90. The Morgan fingerprint density at radius 3 is 2.60 bits per heavy atom. The fourth-order valence-electron chi connectivity index (χ4n) is 1.51. The highest BCUT2D eigenvalue weighted by Gasteiger charge is 2.11. The van der Waals surface area contributed by atoms with Crippen LogP contribution in [-0.4, -0.2) is 15.0 Å². The van der Waals surface area contributed by atoms with Crippen LogP contribution >= 0.6 is 0 Å². The molecule has 15 heavy (non-hydrogen) atoms. The molecule has 2 rings (SSSR count). The zero-order valence-corrected chi connectivity index (χ0v) is 9.28. The lowest BCUT2D eigenvalue weighted by atomic mass is 10.2. The topological polar surface area (TPSA) is 41.6 Å². The molecule has 3 nitrogen and oxygen atoms in total. The lowest BCUT2D eigenvalue weighted by molar-refractivity contribution is 0.792. The van der Waals surface area contributed by atoms with Gasteiger partial charge in [0.15, 0.2) is 0 Å². The van der Waals surface area contributed by atoms with Crippen molar-refractivity contribution in [3.63, 3.8) is 0 Å². The van der Waals surface area contributed by atoms with E-state index < -0.39 is 0 Å². The molecule has 1 N–H and O–H groups in total. The van der Waals surface area contributed by atoms with Crippen LogP contribution in [0.1, 0.15) is 31.3 Å². The number of rotatable bonds is 2. The van der Waals surface area contributed by atoms with Gasteiger partial charge in [0, 0.05) is 17.8 Å². The van der Waals surface area contributed by atoms with Gasteiger partial charge in [-0.05, 0) is 19.1 Å². The van der Waals surface area contributed by atoms with Crippen molar-refractivity contribution >= 4 is 0 Å². The Labute approximate surface area is 89.6 Å². The van der Waals surface area contributed by atoms with Gasteiger partial charge in [-0.2, -0.15) is 0 Å². The second-order valence-corrected chi connectivity index (χ2v) is 3.97. The molecule has 0 aliphatic heterocycles. The van der Waals surface area contributed by atoms with Gasteiger partial charge in [-0.15, -0.1) is 0 Å². The van der Waals surface area contributed by atoms with E-state index in [2.05, 4.69) is 28.8 Å². The molecule has 0 unspecified atom stereocenters. The van der Waals surface area contributed by atoms with Crippen molar-refractivity contribution in [2.45, 2.75) is 26.7 Å². The smallest absolute Gasteiger partial charge is 0.110 e. The SMILES string of the molecule is Cc1[nH]c(C(C)C)nc1-c1ccccn1. The fourth-order valence-corrected chi connectivity index (χ4v) is 1.51. The van der Waals surface area contributed by atoms with Crippen molar-refractivity contribution in [2.75, 3.05) is 0 Å². The first-order valence-electron chi connectivity index (χ1n) is 5.16. The van der Waals surface area contributed by atoms with Gasteiger partial charge < -0.3 is 4.98 Å². The molecule has 78 valence electrons. The minimum atomic E-state index is 0.418. The molecule has 0 amide bonds. The van der Waals surface area contributed by atoms with Crippen molar-refractivity contribution < 1.29 is 0 Å². The van der Waals surface area contributed by atoms with Crippen LogP contribution in [0, 0.1) is 6.92 Å². The van der Waals surface area contributed by atoms with Crippen LogP contribution in [-0.2, 0) is 0 Å². The summed E-state index contributed by atoms with van der Waals surface area (Å²) in [6.07, 6.45) is 1.79. The Bertz CT molecular complexity index is 443. The zero-order valence-electron chi connectivity index (χ0n) is 9.28. The summed E-state index contributed by atoms with van der Waals surface area (Å²) in [5.74, 6) is 1.44. The van der Waals surface area contributed by atoms with Crippen LogP contribution in [0.4, 0.5) is 0 Å². The van der Waals surface area contributed by atoms with Crippen molar-refractivity contribution in [3.05, 3.63) is 35.9 Å². The highest BCUT2D eigenvalue weighted by molar-refractivity contribution is 5.56. The highest BCUT2D eigenvalue weighted by atomic mass is 15.0. The number of aryl methyl sites for hydroxylation is 1. The number of hydrogen-bond acceptors (Lipinski definition) is 2. The number of pyridine rings is 1. The Morgan fingerprint density at radius 1 is 1.27 bits per heavy atom. The molecule has 2 aromatic rings. The van der Waals surface area contributed by atoms with E-state index in [1.54, 1.807) is 6.20 Å². The maximum absolute atomic E-state index is 4.56. The third kappa shape index (κ3) is 1.91. The lowest BCUT2D eigenvalue weighted by Gasteiger charge is -1.97. The van der Waals surface area contributed by atoms with Crippen LogP contribution in [0.25, 0.3) is 11.4 Å². The zero-order chi connectivity index (χ0) is 10.8. The molecule has 2 aromatic heterocycles. The third-order valence-corrected chi connectivity index (χ3v) is 2.36. The van der Waals surface area contributed by atoms with Gasteiger partial charge >= 0.3 is 0 Å². The van der Waals surface area contributed by atoms with Gasteiger partial charge in [-0.25, -0.2) is 4.98 Å². The number of nitrogens with one attached hydrogen (secondary N) is 1. The Balaban J connectivity index is 2.45. The molecule has 0 fully saturated rings. The predicted octanol–water partition coefficient (Wildman–Crippen LogP) is 2.90. The average Bonchev–Trinajstić information content (AvgIpc) is 2.62. The average molecular weight is 201 g/mol.